The molecule has 0 saturated carbocycles. The summed E-state index contributed by atoms with van der Waals surface area (Å²) in [6.07, 6.45) is 34.1. The number of nitrogens with one attached hydrogen (secondary N) is 2. The van der Waals surface area contributed by atoms with Crippen molar-refractivity contribution >= 4 is 11.9 Å². The van der Waals surface area contributed by atoms with Crippen LogP contribution in [-0.4, -0.2) is 67.7 Å². The molecule has 53 heavy (non-hydrogen) atoms. The first-order valence-corrected chi connectivity index (χ1v) is 21.8. The SMILES string of the molecule is CCCCCC/C=C\COC(=O)CCCCCCCN(CCCCCCCC(=O)OC(CCCCC)CCCCCC)CCCN/C(=C/[N+](=O)[O-])NC. The highest BCUT2D eigenvalue weighted by Crippen LogP contribution is 2.17. The Bertz CT molecular complexity index is 928. The van der Waals surface area contributed by atoms with Crippen molar-refractivity contribution in [2.45, 2.75) is 200 Å². The third kappa shape index (κ3) is 36.1. The van der Waals surface area contributed by atoms with Gasteiger partial charge in [0.15, 0.2) is 5.82 Å². The molecule has 0 fully saturated rings. The van der Waals surface area contributed by atoms with E-state index < -0.39 is 4.92 Å². The lowest BCUT2D eigenvalue weighted by Crippen LogP contribution is -2.31. The maximum absolute atomic E-state index is 12.6. The van der Waals surface area contributed by atoms with Crippen LogP contribution < -0.4 is 10.6 Å². The van der Waals surface area contributed by atoms with Gasteiger partial charge in [0, 0.05) is 26.4 Å². The fraction of sp³-hybridized carbons (Fsp3) is 0.860. The smallest absolute Gasteiger partial charge is 0.306 e. The molecule has 0 radical (unpaired) electrons. The Morgan fingerprint density at radius 3 is 1.77 bits per heavy atom. The summed E-state index contributed by atoms with van der Waals surface area (Å²) in [5.41, 5.74) is 0. The van der Waals surface area contributed by atoms with Crippen LogP contribution in [-0.2, 0) is 19.1 Å². The standard InChI is InChI=1S/C43H82N4O6/c1-5-8-11-13-14-21-28-38-52-42(48)32-24-17-15-19-26-35-46(37-29-34-45-41(44-4)39-47(50)51)36-27-20-16-18-25-33-43(49)53-40(30-22-10-7-3)31-23-12-9-6-2/h21,28,39-40,44-45H,5-20,22-27,29-38H2,1-4H3/b28-21-,41-39+. The minimum Gasteiger partial charge on any atom is -0.462 e. The van der Waals surface area contributed by atoms with Gasteiger partial charge >= 0.3 is 11.9 Å². The van der Waals surface area contributed by atoms with Crippen LogP contribution in [0, 0.1) is 10.1 Å². The monoisotopic (exact) mass is 751 g/mol. The van der Waals surface area contributed by atoms with Crippen LogP contribution in [0.15, 0.2) is 24.2 Å². The second-order valence-electron chi connectivity index (χ2n) is 14.7. The van der Waals surface area contributed by atoms with E-state index in [9.17, 15) is 19.7 Å². The summed E-state index contributed by atoms with van der Waals surface area (Å²) < 4.78 is 11.3. The van der Waals surface area contributed by atoms with Crippen molar-refractivity contribution in [3.63, 3.8) is 0 Å². The van der Waals surface area contributed by atoms with Crippen LogP contribution in [0.25, 0.3) is 0 Å². The predicted molar refractivity (Wildman–Crippen MR) is 220 cm³/mol. The van der Waals surface area contributed by atoms with E-state index in [1.807, 2.05) is 6.08 Å². The first-order chi connectivity index (χ1) is 25.9. The summed E-state index contributed by atoms with van der Waals surface area (Å²) >= 11 is 0. The van der Waals surface area contributed by atoms with E-state index in [4.69, 9.17) is 9.47 Å². The highest BCUT2D eigenvalue weighted by atomic mass is 16.6. The molecule has 310 valence electrons. The molecule has 0 heterocycles. The largest absolute Gasteiger partial charge is 0.462 e. The van der Waals surface area contributed by atoms with E-state index in [2.05, 4.69) is 42.4 Å². The van der Waals surface area contributed by atoms with E-state index in [-0.39, 0.29) is 18.0 Å². The van der Waals surface area contributed by atoms with Gasteiger partial charge in [-0.05, 0) is 90.3 Å². The third-order valence-electron chi connectivity index (χ3n) is 9.72. The molecule has 0 aliphatic carbocycles. The minimum atomic E-state index is -0.452. The molecule has 0 aromatic rings. The zero-order valence-corrected chi connectivity index (χ0v) is 34.8. The summed E-state index contributed by atoms with van der Waals surface area (Å²) in [5.74, 6) is 0.296. The molecule has 0 amide bonds. The van der Waals surface area contributed by atoms with Crippen LogP contribution in [0.2, 0.25) is 0 Å². The number of hydrogen-bond acceptors (Lipinski definition) is 9. The van der Waals surface area contributed by atoms with Crippen LogP contribution in [0.1, 0.15) is 194 Å². The summed E-state index contributed by atoms with van der Waals surface area (Å²) in [6.45, 7) is 10.7. The minimum absolute atomic E-state index is 0.0209. The van der Waals surface area contributed by atoms with Gasteiger partial charge in [0.2, 0.25) is 0 Å². The summed E-state index contributed by atoms with van der Waals surface area (Å²) in [4.78, 5) is 37.5. The van der Waals surface area contributed by atoms with Gasteiger partial charge in [0.25, 0.3) is 6.20 Å². The molecular weight excluding hydrogens is 668 g/mol. The molecule has 0 aliphatic rings. The van der Waals surface area contributed by atoms with Gasteiger partial charge < -0.3 is 25.0 Å². The summed E-state index contributed by atoms with van der Waals surface area (Å²) in [5, 5.41) is 16.8. The number of rotatable bonds is 40. The zero-order valence-electron chi connectivity index (χ0n) is 34.8. The molecule has 0 bridgehead atoms. The lowest BCUT2D eigenvalue weighted by molar-refractivity contribution is -0.404. The van der Waals surface area contributed by atoms with Crippen molar-refractivity contribution in [3.8, 4) is 0 Å². The van der Waals surface area contributed by atoms with Gasteiger partial charge in [-0.15, -0.1) is 0 Å². The quantitative estimate of drug-likeness (QED) is 0.0207. The molecule has 0 aliphatic heterocycles. The Balaban J connectivity index is 4.41. The highest BCUT2D eigenvalue weighted by Gasteiger charge is 2.14. The van der Waals surface area contributed by atoms with Crippen molar-refractivity contribution in [1.29, 1.82) is 0 Å². The Morgan fingerprint density at radius 1 is 0.660 bits per heavy atom. The van der Waals surface area contributed by atoms with Crippen molar-refractivity contribution in [2.24, 2.45) is 0 Å². The lowest BCUT2D eigenvalue weighted by atomic mass is 10.0. The van der Waals surface area contributed by atoms with E-state index in [1.54, 1.807) is 7.05 Å². The molecule has 1 atom stereocenters. The number of esters is 2. The number of carbonyl (C=O) groups is 2. The number of carbonyl (C=O) groups excluding carboxylic acids is 2. The van der Waals surface area contributed by atoms with Crippen molar-refractivity contribution < 1.29 is 24.0 Å². The number of ether oxygens (including phenoxy) is 2. The maximum Gasteiger partial charge on any atom is 0.306 e. The van der Waals surface area contributed by atoms with Gasteiger partial charge in [-0.2, -0.15) is 0 Å². The molecule has 0 rings (SSSR count). The van der Waals surface area contributed by atoms with Crippen LogP contribution in [0.5, 0.6) is 0 Å². The molecule has 0 aromatic heterocycles. The molecule has 1 unspecified atom stereocenters. The lowest BCUT2D eigenvalue weighted by Gasteiger charge is -2.22. The van der Waals surface area contributed by atoms with Crippen molar-refractivity contribution in [1.82, 2.24) is 15.5 Å². The normalized spacial score (nSPS) is 12.4. The van der Waals surface area contributed by atoms with E-state index >= 15 is 0 Å². The number of unbranched alkanes of at least 4 members (excludes halogenated alkanes) is 17. The van der Waals surface area contributed by atoms with E-state index in [1.165, 1.54) is 57.8 Å². The van der Waals surface area contributed by atoms with Gasteiger partial charge in [-0.1, -0.05) is 123 Å². The first kappa shape index (κ1) is 50.4. The van der Waals surface area contributed by atoms with E-state index in [0.717, 1.165) is 129 Å². The summed E-state index contributed by atoms with van der Waals surface area (Å²) in [7, 11) is 1.68. The van der Waals surface area contributed by atoms with Crippen LogP contribution in [0.3, 0.4) is 0 Å². The average molecular weight is 751 g/mol. The van der Waals surface area contributed by atoms with E-state index in [0.29, 0.717) is 31.8 Å². The van der Waals surface area contributed by atoms with Gasteiger partial charge in [0.1, 0.15) is 12.7 Å². The highest BCUT2D eigenvalue weighted by molar-refractivity contribution is 5.69. The predicted octanol–water partition coefficient (Wildman–Crippen LogP) is 10.8. The Kier molecular flexibility index (Phi) is 37.2. The first-order valence-electron chi connectivity index (χ1n) is 21.8. The number of nitro groups is 1. The number of allylic oxidation sites excluding steroid dienone is 1. The Hall–Kier alpha value is -2.62. The fourth-order valence-electron chi connectivity index (χ4n) is 6.45. The molecule has 0 spiro atoms. The molecule has 2 N–H and O–H groups in total. The summed E-state index contributed by atoms with van der Waals surface area (Å²) in [6, 6.07) is 0. The molecule has 0 aromatic carbocycles. The van der Waals surface area contributed by atoms with Gasteiger partial charge in [0.05, 0.1) is 4.92 Å². The number of nitrogens with zero attached hydrogens (tertiary/aromatic N) is 2. The topological polar surface area (TPSA) is 123 Å². The Morgan fingerprint density at radius 2 is 1.17 bits per heavy atom. The average Bonchev–Trinajstić information content (AvgIpc) is 3.14. The molecule has 0 saturated heterocycles. The van der Waals surface area contributed by atoms with Crippen LogP contribution >= 0.6 is 0 Å². The molecule has 10 heteroatoms. The maximum atomic E-state index is 12.6. The fourth-order valence-corrected chi connectivity index (χ4v) is 6.45. The Labute approximate surface area is 325 Å². The van der Waals surface area contributed by atoms with Crippen LogP contribution in [0.4, 0.5) is 0 Å². The second kappa shape index (κ2) is 39.1. The van der Waals surface area contributed by atoms with Gasteiger partial charge in [-0.3, -0.25) is 19.7 Å². The number of hydrogen-bond donors (Lipinski definition) is 2. The molecule has 10 nitrogen and oxygen atoms in total. The van der Waals surface area contributed by atoms with Crippen molar-refractivity contribution in [3.05, 3.63) is 34.3 Å². The van der Waals surface area contributed by atoms with Gasteiger partial charge in [-0.25, -0.2) is 0 Å². The van der Waals surface area contributed by atoms with Crippen molar-refractivity contribution in [2.75, 3.05) is 39.8 Å². The third-order valence-corrected chi connectivity index (χ3v) is 9.72. The molecular formula is C43H82N4O6. The zero-order chi connectivity index (χ0) is 39.0. The second-order valence-corrected chi connectivity index (χ2v) is 14.7.